The molecule has 6 nitrogen and oxygen atoms in total. The van der Waals surface area contributed by atoms with E-state index < -0.39 is 5.91 Å². The monoisotopic (exact) mass is 231 g/mol. The maximum Gasteiger partial charge on any atom is 0.254 e. The van der Waals surface area contributed by atoms with Crippen LogP contribution < -0.4 is 11.1 Å². The summed E-state index contributed by atoms with van der Waals surface area (Å²) in [5.74, 6) is -0.496. The molecule has 17 heavy (non-hydrogen) atoms. The van der Waals surface area contributed by atoms with Crippen molar-refractivity contribution in [2.75, 3.05) is 6.54 Å². The van der Waals surface area contributed by atoms with Crippen LogP contribution in [0, 0.1) is 0 Å². The van der Waals surface area contributed by atoms with Gasteiger partial charge in [-0.05, 0) is 25.5 Å². The van der Waals surface area contributed by atoms with Gasteiger partial charge in [-0.3, -0.25) is 4.79 Å². The number of aromatic nitrogens is 3. The standard InChI is InChI=1S/C11H13N5O/c12-10(17)7-6-15-16-9(3-5-14-11(7)16)8-2-1-4-13-8/h3,5-6,8,13H,1-2,4H2,(H2,12,17). The molecule has 0 radical (unpaired) electrons. The Morgan fingerprint density at radius 3 is 3.18 bits per heavy atom. The van der Waals surface area contributed by atoms with Crippen LogP contribution in [0.2, 0.25) is 0 Å². The quantitative estimate of drug-likeness (QED) is 0.776. The molecule has 0 bridgehead atoms. The molecule has 0 saturated carbocycles. The molecular weight excluding hydrogens is 218 g/mol. The molecule has 1 fully saturated rings. The van der Waals surface area contributed by atoms with Crippen LogP contribution in [0.3, 0.4) is 0 Å². The van der Waals surface area contributed by atoms with Crippen LogP contribution in [0.4, 0.5) is 0 Å². The highest BCUT2D eigenvalue weighted by Crippen LogP contribution is 2.23. The summed E-state index contributed by atoms with van der Waals surface area (Å²) in [6.07, 6.45) is 5.39. The number of nitrogens with zero attached hydrogens (tertiary/aromatic N) is 3. The summed E-state index contributed by atoms with van der Waals surface area (Å²) < 4.78 is 1.70. The Bertz CT molecular complexity index is 570. The number of nitrogens with two attached hydrogens (primary N) is 1. The third kappa shape index (κ3) is 1.57. The van der Waals surface area contributed by atoms with Crippen molar-refractivity contribution in [2.24, 2.45) is 5.73 Å². The Kier molecular flexibility index (Phi) is 2.29. The molecule has 1 amide bonds. The number of amides is 1. The van der Waals surface area contributed by atoms with Crippen molar-refractivity contribution in [3.8, 4) is 0 Å². The fraction of sp³-hybridized carbons (Fsp3) is 0.364. The minimum Gasteiger partial charge on any atom is -0.365 e. The Morgan fingerprint density at radius 1 is 1.59 bits per heavy atom. The average molecular weight is 231 g/mol. The highest BCUT2D eigenvalue weighted by atomic mass is 16.1. The van der Waals surface area contributed by atoms with Gasteiger partial charge in [0.25, 0.3) is 5.91 Å². The second kappa shape index (κ2) is 3.81. The summed E-state index contributed by atoms with van der Waals surface area (Å²) in [7, 11) is 0. The molecule has 1 atom stereocenters. The molecule has 1 saturated heterocycles. The normalized spacial score (nSPS) is 19.9. The molecule has 3 rings (SSSR count). The number of primary amides is 1. The molecule has 1 aliphatic rings. The first kappa shape index (κ1) is 10.2. The summed E-state index contributed by atoms with van der Waals surface area (Å²) >= 11 is 0. The minimum absolute atomic E-state index is 0.279. The SMILES string of the molecule is NC(=O)c1cnn2c(C3CCCN3)ccnc12. The van der Waals surface area contributed by atoms with E-state index in [1.165, 1.54) is 6.20 Å². The first-order valence-electron chi connectivity index (χ1n) is 5.63. The van der Waals surface area contributed by atoms with E-state index in [1.807, 2.05) is 6.07 Å². The number of carbonyl (C=O) groups is 1. The van der Waals surface area contributed by atoms with Crippen molar-refractivity contribution in [1.29, 1.82) is 0 Å². The molecule has 88 valence electrons. The van der Waals surface area contributed by atoms with Crippen molar-refractivity contribution in [3.05, 3.63) is 29.7 Å². The molecule has 1 aliphatic heterocycles. The zero-order valence-corrected chi connectivity index (χ0v) is 9.26. The fourth-order valence-corrected chi connectivity index (χ4v) is 2.28. The molecule has 0 aromatic carbocycles. The molecule has 3 heterocycles. The Hall–Kier alpha value is -1.95. The Balaban J connectivity index is 2.16. The predicted octanol–water partition coefficient (Wildman–Crippen LogP) is 0.253. The van der Waals surface area contributed by atoms with E-state index in [1.54, 1.807) is 10.7 Å². The average Bonchev–Trinajstić information content (AvgIpc) is 2.97. The largest absolute Gasteiger partial charge is 0.365 e. The number of nitrogens with one attached hydrogen (secondary N) is 1. The van der Waals surface area contributed by atoms with Crippen molar-refractivity contribution in [1.82, 2.24) is 19.9 Å². The van der Waals surface area contributed by atoms with Gasteiger partial charge >= 0.3 is 0 Å². The van der Waals surface area contributed by atoms with Crippen molar-refractivity contribution >= 4 is 11.6 Å². The first-order valence-corrected chi connectivity index (χ1v) is 5.63. The zero-order valence-electron chi connectivity index (χ0n) is 9.26. The van der Waals surface area contributed by atoms with Crippen molar-refractivity contribution < 1.29 is 4.79 Å². The summed E-state index contributed by atoms with van der Waals surface area (Å²) in [5.41, 5.74) is 7.20. The van der Waals surface area contributed by atoms with E-state index in [0.29, 0.717) is 11.2 Å². The lowest BCUT2D eigenvalue weighted by atomic mass is 10.1. The molecule has 1 unspecified atom stereocenters. The molecular formula is C11H13N5O. The van der Waals surface area contributed by atoms with Gasteiger partial charge in [-0.25, -0.2) is 9.50 Å². The highest BCUT2D eigenvalue weighted by Gasteiger charge is 2.21. The van der Waals surface area contributed by atoms with Gasteiger partial charge < -0.3 is 11.1 Å². The fourth-order valence-electron chi connectivity index (χ4n) is 2.28. The summed E-state index contributed by atoms with van der Waals surface area (Å²) in [6, 6.07) is 2.20. The predicted molar refractivity (Wildman–Crippen MR) is 61.5 cm³/mol. The first-order chi connectivity index (χ1) is 8.27. The topological polar surface area (TPSA) is 85.3 Å². The molecule has 2 aromatic heterocycles. The molecule has 6 heteroatoms. The number of rotatable bonds is 2. The number of hydrogen-bond acceptors (Lipinski definition) is 4. The maximum absolute atomic E-state index is 11.2. The van der Waals surface area contributed by atoms with Gasteiger partial charge in [-0.2, -0.15) is 5.10 Å². The maximum atomic E-state index is 11.2. The van der Waals surface area contributed by atoms with E-state index in [4.69, 9.17) is 5.73 Å². The second-order valence-electron chi connectivity index (χ2n) is 4.18. The summed E-state index contributed by atoms with van der Waals surface area (Å²) in [5, 5.41) is 7.60. The lowest BCUT2D eigenvalue weighted by Crippen LogP contribution is -2.17. The lowest BCUT2D eigenvalue weighted by molar-refractivity contribution is 0.100. The van der Waals surface area contributed by atoms with Crippen LogP contribution >= 0.6 is 0 Å². The van der Waals surface area contributed by atoms with Gasteiger partial charge in [0.2, 0.25) is 0 Å². The third-order valence-corrected chi connectivity index (χ3v) is 3.11. The Labute approximate surface area is 97.8 Å². The minimum atomic E-state index is -0.496. The van der Waals surface area contributed by atoms with Gasteiger partial charge in [-0.15, -0.1) is 0 Å². The van der Waals surface area contributed by atoms with Crippen LogP contribution in [0.15, 0.2) is 18.5 Å². The van der Waals surface area contributed by atoms with Crippen LogP contribution in [0.25, 0.3) is 5.65 Å². The highest BCUT2D eigenvalue weighted by molar-refractivity contribution is 5.98. The van der Waals surface area contributed by atoms with Crippen molar-refractivity contribution in [3.63, 3.8) is 0 Å². The van der Waals surface area contributed by atoms with Crippen LogP contribution in [-0.2, 0) is 0 Å². The zero-order chi connectivity index (χ0) is 11.8. The van der Waals surface area contributed by atoms with Gasteiger partial charge in [0, 0.05) is 12.2 Å². The molecule has 0 spiro atoms. The second-order valence-corrected chi connectivity index (χ2v) is 4.18. The van der Waals surface area contributed by atoms with Gasteiger partial charge in [0.1, 0.15) is 5.56 Å². The number of hydrogen-bond donors (Lipinski definition) is 2. The molecule has 2 aromatic rings. The van der Waals surface area contributed by atoms with Gasteiger partial charge in [-0.1, -0.05) is 0 Å². The van der Waals surface area contributed by atoms with E-state index in [9.17, 15) is 4.79 Å². The number of fused-ring (bicyclic) bond motifs is 1. The van der Waals surface area contributed by atoms with Gasteiger partial charge in [0.05, 0.1) is 11.9 Å². The van der Waals surface area contributed by atoms with E-state index in [2.05, 4.69) is 15.4 Å². The van der Waals surface area contributed by atoms with Crippen LogP contribution in [0.1, 0.15) is 34.9 Å². The van der Waals surface area contributed by atoms with Crippen molar-refractivity contribution in [2.45, 2.75) is 18.9 Å². The molecule has 3 N–H and O–H groups in total. The van der Waals surface area contributed by atoms with Crippen LogP contribution in [0.5, 0.6) is 0 Å². The van der Waals surface area contributed by atoms with Crippen LogP contribution in [-0.4, -0.2) is 27.0 Å². The Morgan fingerprint density at radius 2 is 2.47 bits per heavy atom. The summed E-state index contributed by atoms with van der Waals surface area (Å²) in [6.45, 7) is 1.01. The van der Waals surface area contributed by atoms with E-state index >= 15 is 0 Å². The molecule has 0 aliphatic carbocycles. The van der Waals surface area contributed by atoms with E-state index in [0.717, 1.165) is 25.1 Å². The smallest absolute Gasteiger partial charge is 0.254 e. The third-order valence-electron chi connectivity index (χ3n) is 3.11. The summed E-state index contributed by atoms with van der Waals surface area (Å²) in [4.78, 5) is 15.4. The van der Waals surface area contributed by atoms with E-state index in [-0.39, 0.29) is 6.04 Å². The van der Waals surface area contributed by atoms with Gasteiger partial charge in [0.15, 0.2) is 5.65 Å². The number of carbonyl (C=O) groups excluding carboxylic acids is 1. The lowest BCUT2D eigenvalue weighted by Gasteiger charge is -2.11.